The summed E-state index contributed by atoms with van der Waals surface area (Å²) in [5, 5.41) is 0. The Bertz CT molecular complexity index is 713. The number of benzene rings is 1. The van der Waals surface area contributed by atoms with E-state index in [9.17, 15) is 16.5 Å². The highest BCUT2D eigenvalue weighted by Crippen LogP contribution is 2.40. The molecule has 0 aromatic heterocycles. The van der Waals surface area contributed by atoms with E-state index in [-0.39, 0.29) is 9.40 Å². The molecule has 0 spiro atoms. The number of halogens is 2. The molecule has 0 bridgehead atoms. The summed E-state index contributed by atoms with van der Waals surface area (Å²) in [6.07, 6.45) is 3.40. The van der Waals surface area contributed by atoms with Crippen molar-refractivity contribution < 1.29 is 16.5 Å². The number of sulfonamides is 1. The largest absolute Gasteiger partial charge is 0.384 e. The quantitative estimate of drug-likeness (QED) is 0.722. The Balaban J connectivity index is 3.34. The fourth-order valence-electron chi connectivity index (χ4n) is 1.74. The minimum Gasteiger partial charge on any atom is -0.384 e. The number of hydrogen-bond donors (Lipinski definition) is 0. The molecule has 1 aromatic carbocycles. The van der Waals surface area contributed by atoms with E-state index >= 15 is 0 Å². The van der Waals surface area contributed by atoms with Crippen molar-refractivity contribution in [1.82, 2.24) is 4.90 Å². The van der Waals surface area contributed by atoms with Gasteiger partial charge in [-0.15, -0.1) is 3.89 Å². The lowest BCUT2D eigenvalue weighted by atomic mass is 10.2. The smallest absolute Gasteiger partial charge is 0.251 e. The monoisotopic (exact) mass is 370 g/mol. The van der Waals surface area contributed by atoms with Crippen LogP contribution in [0.2, 0.25) is 0 Å². The zero-order chi connectivity index (χ0) is 17.2. The molecule has 0 N–H and O–H groups in total. The second-order valence-corrected chi connectivity index (χ2v) is 11.9. The third-order valence-electron chi connectivity index (χ3n) is 2.57. The van der Waals surface area contributed by atoms with E-state index in [0.29, 0.717) is 6.26 Å². The summed E-state index contributed by atoms with van der Waals surface area (Å²) in [5.41, 5.74) is 0.766. The zero-order valence-corrected chi connectivity index (χ0v) is 15.3. The normalized spacial score (nSPS) is 14.5. The molecule has 5 nitrogen and oxygen atoms in total. The van der Waals surface area contributed by atoms with Crippen molar-refractivity contribution >= 4 is 35.2 Å². The molecule has 0 amide bonds. The predicted octanol–water partition coefficient (Wildman–Crippen LogP) is 2.61. The van der Waals surface area contributed by atoms with Crippen LogP contribution in [0.5, 0.6) is 0 Å². The number of hydrogen-bond acceptors (Lipinski definition) is 4. The average molecular weight is 371 g/mol. The maximum atomic E-state index is 14.4. The summed E-state index contributed by atoms with van der Waals surface area (Å²) in [6.45, 7) is 1.79. The fraction of sp³-hybridized carbons (Fsp3) is 0.385. The van der Waals surface area contributed by atoms with Gasteiger partial charge in [0.05, 0.1) is 11.4 Å². The van der Waals surface area contributed by atoms with Crippen LogP contribution in [-0.4, -0.2) is 43.6 Å². The molecule has 0 heterocycles. The Kier molecular flexibility index (Phi) is 5.31. The Morgan fingerprint density at radius 1 is 1.27 bits per heavy atom. The molecule has 0 aliphatic rings. The molecule has 0 aliphatic heterocycles. The molecule has 0 fully saturated rings. The molecule has 0 aliphatic carbocycles. The number of nitrogens with zero attached hydrogens (tertiary/aromatic N) is 2. The second kappa shape index (κ2) is 6.17. The van der Waals surface area contributed by atoms with Crippen LogP contribution >= 0.6 is 10.7 Å². The van der Waals surface area contributed by atoms with Crippen molar-refractivity contribution in [3.63, 3.8) is 0 Å². The van der Waals surface area contributed by atoms with Gasteiger partial charge in [0.25, 0.3) is 10.0 Å². The van der Waals surface area contributed by atoms with Gasteiger partial charge >= 0.3 is 0 Å². The van der Waals surface area contributed by atoms with Gasteiger partial charge in [0.2, 0.25) is 0 Å². The molecule has 0 unspecified atom stereocenters. The predicted molar refractivity (Wildman–Crippen MR) is 91.3 cm³/mol. The van der Waals surface area contributed by atoms with Crippen molar-refractivity contribution in [2.75, 3.05) is 29.8 Å². The van der Waals surface area contributed by atoms with Gasteiger partial charge in [-0.05, 0) is 25.3 Å². The maximum Gasteiger partial charge on any atom is 0.251 e. The van der Waals surface area contributed by atoms with Crippen molar-refractivity contribution in [3.8, 4) is 0 Å². The topological polar surface area (TPSA) is 57.7 Å². The SMILES string of the molecule is Cc1ccc(N(S(=O)(=O)CC=CN(C)C)S(C)(=O)(F)Cl)cc1. The summed E-state index contributed by atoms with van der Waals surface area (Å²) < 4.78 is 51.6. The number of aryl methyl sites for hydroxylation is 1. The first-order valence-corrected chi connectivity index (χ1v) is 11.0. The standard InChI is InChI=1S/C13H20ClFN2O3S2/c1-12-6-8-13(9-7-12)17(22(4,14,15)20)21(18,19)11-5-10-16(2)3/h5-10H,11H2,1-4H3. The number of rotatable bonds is 6. The van der Waals surface area contributed by atoms with Gasteiger partial charge in [-0.2, -0.15) is 3.71 Å². The van der Waals surface area contributed by atoms with Gasteiger partial charge in [0.15, 0.2) is 8.85 Å². The molecule has 126 valence electrons. The Labute approximate surface area is 135 Å². The third kappa shape index (κ3) is 5.26. The molecular weight excluding hydrogens is 351 g/mol. The highest BCUT2D eigenvalue weighted by atomic mass is 35.7. The van der Waals surface area contributed by atoms with Crippen molar-refractivity contribution in [2.45, 2.75) is 6.92 Å². The van der Waals surface area contributed by atoms with Crippen LogP contribution in [0.3, 0.4) is 0 Å². The maximum absolute atomic E-state index is 14.4. The average Bonchev–Trinajstić information content (AvgIpc) is 2.28. The van der Waals surface area contributed by atoms with Crippen LogP contribution in [0, 0.1) is 6.92 Å². The summed E-state index contributed by atoms with van der Waals surface area (Å²) in [7, 11) is -0.920. The van der Waals surface area contributed by atoms with Crippen molar-refractivity contribution in [1.29, 1.82) is 0 Å². The zero-order valence-electron chi connectivity index (χ0n) is 12.9. The van der Waals surface area contributed by atoms with Gasteiger partial charge in [-0.1, -0.05) is 23.8 Å². The summed E-state index contributed by atoms with van der Waals surface area (Å²) in [5.74, 6) is -0.530. The van der Waals surface area contributed by atoms with Gasteiger partial charge in [-0.25, -0.2) is 12.6 Å². The van der Waals surface area contributed by atoms with Crippen LogP contribution in [0.25, 0.3) is 0 Å². The van der Waals surface area contributed by atoms with E-state index < -0.39 is 24.6 Å². The Morgan fingerprint density at radius 2 is 1.77 bits per heavy atom. The molecule has 22 heavy (non-hydrogen) atoms. The van der Waals surface area contributed by atoms with Crippen LogP contribution in [0.4, 0.5) is 9.57 Å². The van der Waals surface area contributed by atoms with Gasteiger partial charge in [-0.3, -0.25) is 0 Å². The van der Waals surface area contributed by atoms with E-state index in [1.54, 1.807) is 38.1 Å². The van der Waals surface area contributed by atoms with E-state index in [0.717, 1.165) is 5.56 Å². The highest BCUT2D eigenvalue weighted by molar-refractivity contribution is 8.40. The van der Waals surface area contributed by atoms with E-state index in [1.807, 2.05) is 0 Å². The molecule has 1 aromatic rings. The Morgan fingerprint density at radius 3 is 2.18 bits per heavy atom. The lowest BCUT2D eigenvalue weighted by molar-refractivity contribution is 0.562. The number of anilines is 1. The molecule has 0 saturated carbocycles. The third-order valence-corrected chi connectivity index (χ3v) is 7.19. The van der Waals surface area contributed by atoms with Crippen LogP contribution in [-0.2, 0) is 18.9 Å². The van der Waals surface area contributed by atoms with Crippen molar-refractivity contribution in [3.05, 3.63) is 42.1 Å². The van der Waals surface area contributed by atoms with E-state index in [4.69, 9.17) is 10.7 Å². The summed E-state index contributed by atoms with van der Waals surface area (Å²) in [4.78, 5) is 1.63. The van der Waals surface area contributed by atoms with Crippen LogP contribution in [0.1, 0.15) is 5.56 Å². The lowest BCUT2D eigenvalue weighted by Crippen LogP contribution is -2.46. The summed E-state index contributed by atoms with van der Waals surface area (Å²) >= 11 is 0. The first-order valence-electron chi connectivity index (χ1n) is 6.31. The lowest BCUT2D eigenvalue weighted by Gasteiger charge is -2.35. The molecule has 9 heteroatoms. The molecular formula is C13H20ClFN2O3S2. The first kappa shape index (κ1) is 18.9. The molecule has 0 atom stereocenters. The molecule has 0 radical (unpaired) electrons. The summed E-state index contributed by atoms with van der Waals surface area (Å²) in [6, 6.07) is 5.90. The van der Waals surface area contributed by atoms with Crippen LogP contribution in [0.15, 0.2) is 36.5 Å². The second-order valence-electron chi connectivity index (χ2n) is 5.24. The Hall–Kier alpha value is -1.12. The first-order chi connectivity index (χ1) is 9.80. The van der Waals surface area contributed by atoms with Gasteiger partial charge < -0.3 is 4.90 Å². The van der Waals surface area contributed by atoms with E-state index in [2.05, 4.69) is 0 Å². The molecule has 0 saturated heterocycles. The minimum absolute atomic E-state index is 0.0825. The fourth-order valence-corrected chi connectivity index (χ4v) is 6.39. The molecule has 1 rings (SSSR count). The minimum atomic E-state index is -5.55. The van der Waals surface area contributed by atoms with Crippen LogP contribution < -0.4 is 3.71 Å². The highest BCUT2D eigenvalue weighted by Gasteiger charge is 2.43. The van der Waals surface area contributed by atoms with E-state index in [1.165, 1.54) is 24.4 Å². The van der Waals surface area contributed by atoms with Gasteiger partial charge in [0, 0.05) is 31.0 Å². The van der Waals surface area contributed by atoms with Gasteiger partial charge in [0.1, 0.15) is 0 Å². The van der Waals surface area contributed by atoms with Crippen molar-refractivity contribution in [2.24, 2.45) is 0 Å².